The van der Waals surface area contributed by atoms with Gasteiger partial charge < -0.3 is 5.32 Å². The second-order valence-electron chi connectivity index (χ2n) is 6.38. The fraction of sp³-hybridized carbons (Fsp3) is 0.867. The molecule has 0 spiro atoms. The average molecular weight is 279 g/mol. The molecule has 0 amide bonds. The molecule has 1 heterocycles. The van der Waals surface area contributed by atoms with Crippen LogP contribution >= 0.6 is 11.3 Å². The predicted octanol–water partition coefficient (Wildman–Crippen LogP) is 3.37. The molecule has 1 N–H and O–H groups in total. The largest absolute Gasteiger partial charge is 0.315 e. The summed E-state index contributed by atoms with van der Waals surface area (Å²) < 4.78 is 0. The number of hydrogen-bond donors (Lipinski definition) is 1. The molecule has 2 unspecified atom stereocenters. The summed E-state index contributed by atoms with van der Waals surface area (Å²) in [6.07, 6.45) is 7.99. The number of rotatable bonds is 6. The lowest BCUT2D eigenvalue weighted by atomic mass is 10.0. The Morgan fingerprint density at radius 3 is 2.63 bits per heavy atom. The number of nitrogens with zero attached hydrogens (tertiary/aromatic N) is 2. The fourth-order valence-electron chi connectivity index (χ4n) is 3.49. The van der Waals surface area contributed by atoms with E-state index in [1.165, 1.54) is 42.1 Å². The van der Waals surface area contributed by atoms with Crippen molar-refractivity contribution in [1.82, 2.24) is 15.5 Å². The van der Waals surface area contributed by atoms with Crippen molar-refractivity contribution in [2.75, 3.05) is 6.54 Å². The molecule has 0 aliphatic heterocycles. The molecule has 1 aromatic heterocycles. The molecule has 2 atom stereocenters. The third-order valence-electron chi connectivity index (χ3n) is 4.54. The molecule has 1 aromatic rings. The number of nitrogens with one attached hydrogen (secondary N) is 1. The summed E-state index contributed by atoms with van der Waals surface area (Å²) in [7, 11) is 0. The molecule has 0 bridgehead atoms. The van der Waals surface area contributed by atoms with Crippen LogP contribution in [0.25, 0.3) is 0 Å². The molecular weight excluding hydrogens is 254 g/mol. The molecule has 3 nitrogen and oxygen atoms in total. The molecule has 2 fully saturated rings. The van der Waals surface area contributed by atoms with Crippen molar-refractivity contribution >= 4 is 11.3 Å². The van der Waals surface area contributed by atoms with Gasteiger partial charge in [-0.05, 0) is 37.6 Å². The Morgan fingerprint density at radius 1 is 1.21 bits per heavy atom. The highest BCUT2D eigenvalue weighted by Crippen LogP contribution is 2.61. The minimum absolute atomic E-state index is 0.583. The maximum Gasteiger partial charge on any atom is 0.121 e. The summed E-state index contributed by atoms with van der Waals surface area (Å²) in [5.41, 5.74) is 0. The van der Waals surface area contributed by atoms with Gasteiger partial charge in [-0.15, -0.1) is 21.5 Å². The highest BCUT2D eigenvalue weighted by Gasteiger charge is 2.52. The van der Waals surface area contributed by atoms with Gasteiger partial charge in [-0.25, -0.2) is 0 Å². The third-order valence-corrected chi connectivity index (χ3v) is 5.63. The maximum absolute atomic E-state index is 4.46. The molecule has 2 aliphatic carbocycles. The minimum Gasteiger partial charge on any atom is -0.315 e. The maximum atomic E-state index is 4.46. The Morgan fingerprint density at radius 2 is 1.95 bits per heavy atom. The molecule has 3 rings (SSSR count). The molecule has 2 saturated carbocycles. The molecule has 0 saturated heterocycles. The molecule has 0 radical (unpaired) electrons. The highest BCUT2D eigenvalue weighted by molar-refractivity contribution is 7.11. The van der Waals surface area contributed by atoms with Gasteiger partial charge in [0.05, 0.1) is 0 Å². The van der Waals surface area contributed by atoms with Gasteiger partial charge in [0, 0.05) is 18.4 Å². The lowest BCUT2D eigenvalue weighted by Gasteiger charge is -2.05. The summed E-state index contributed by atoms with van der Waals surface area (Å²) in [5, 5.41) is 14.9. The Hall–Kier alpha value is -0.480. The molecule has 4 heteroatoms. The number of hydrogen-bond acceptors (Lipinski definition) is 4. The van der Waals surface area contributed by atoms with E-state index in [9.17, 15) is 0 Å². The SMILES string of the molecule is CC(C)NCCCc1nnc(C2C3CCCCC32)s1. The zero-order chi connectivity index (χ0) is 13.2. The first-order valence-electron chi connectivity index (χ1n) is 7.81. The standard InChI is InChI=1S/C15H25N3S/c1-10(2)16-9-5-8-13-17-18-15(19-13)14-11-6-3-4-7-12(11)14/h10-12,14,16H,3-9H2,1-2H3. The topological polar surface area (TPSA) is 37.8 Å². The first-order valence-corrected chi connectivity index (χ1v) is 8.63. The predicted molar refractivity (Wildman–Crippen MR) is 79.6 cm³/mol. The first kappa shape index (κ1) is 13.5. The van der Waals surface area contributed by atoms with Crippen molar-refractivity contribution in [2.45, 2.75) is 64.3 Å². The summed E-state index contributed by atoms with van der Waals surface area (Å²) in [6, 6.07) is 0.583. The van der Waals surface area contributed by atoms with Gasteiger partial charge in [-0.1, -0.05) is 26.7 Å². The van der Waals surface area contributed by atoms with Crippen molar-refractivity contribution in [3.63, 3.8) is 0 Å². The monoisotopic (exact) mass is 279 g/mol. The van der Waals surface area contributed by atoms with Crippen LogP contribution in [0.2, 0.25) is 0 Å². The Bertz CT molecular complexity index is 403. The molecule has 2 aliphatic rings. The van der Waals surface area contributed by atoms with Gasteiger partial charge in [-0.2, -0.15) is 0 Å². The molecule has 19 heavy (non-hydrogen) atoms. The molecule has 0 aromatic carbocycles. The second kappa shape index (κ2) is 5.88. The van der Waals surface area contributed by atoms with Crippen molar-refractivity contribution in [3.8, 4) is 0 Å². The lowest BCUT2D eigenvalue weighted by molar-refractivity contribution is 0.480. The van der Waals surface area contributed by atoms with Crippen LogP contribution in [0.4, 0.5) is 0 Å². The number of aryl methyl sites for hydroxylation is 1. The Kier molecular flexibility index (Phi) is 4.18. The second-order valence-corrected chi connectivity index (χ2v) is 7.48. The zero-order valence-corrected chi connectivity index (χ0v) is 12.9. The van der Waals surface area contributed by atoms with Gasteiger partial charge >= 0.3 is 0 Å². The normalized spacial score (nSPS) is 29.5. The van der Waals surface area contributed by atoms with Crippen LogP contribution in [0.3, 0.4) is 0 Å². The summed E-state index contributed by atoms with van der Waals surface area (Å²) in [5.74, 6) is 2.69. The van der Waals surface area contributed by atoms with Crippen molar-refractivity contribution < 1.29 is 0 Å². The van der Waals surface area contributed by atoms with Crippen molar-refractivity contribution in [1.29, 1.82) is 0 Å². The van der Waals surface area contributed by atoms with Crippen LogP contribution in [0.15, 0.2) is 0 Å². The fourth-order valence-corrected chi connectivity index (χ4v) is 4.63. The van der Waals surface area contributed by atoms with Gasteiger partial charge in [0.1, 0.15) is 10.0 Å². The highest BCUT2D eigenvalue weighted by atomic mass is 32.1. The van der Waals surface area contributed by atoms with E-state index in [1.807, 2.05) is 11.3 Å². The summed E-state index contributed by atoms with van der Waals surface area (Å²) in [6.45, 7) is 5.47. The van der Waals surface area contributed by atoms with E-state index < -0.39 is 0 Å². The Balaban J connectivity index is 1.47. The van der Waals surface area contributed by atoms with E-state index in [0.29, 0.717) is 6.04 Å². The van der Waals surface area contributed by atoms with Crippen LogP contribution in [0, 0.1) is 11.8 Å². The first-order chi connectivity index (χ1) is 9.25. The van der Waals surface area contributed by atoms with Crippen LogP contribution < -0.4 is 5.32 Å². The van der Waals surface area contributed by atoms with Gasteiger partial charge in [0.25, 0.3) is 0 Å². The minimum atomic E-state index is 0.583. The average Bonchev–Trinajstić information content (AvgIpc) is 2.95. The summed E-state index contributed by atoms with van der Waals surface area (Å²) in [4.78, 5) is 0. The van der Waals surface area contributed by atoms with Gasteiger partial charge in [0.15, 0.2) is 0 Å². The van der Waals surface area contributed by atoms with Gasteiger partial charge in [0.2, 0.25) is 0 Å². The zero-order valence-electron chi connectivity index (χ0n) is 12.1. The molecular formula is C15H25N3S. The third kappa shape index (κ3) is 3.16. The van der Waals surface area contributed by atoms with Crippen molar-refractivity contribution in [3.05, 3.63) is 10.0 Å². The van der Waals surface area contributed by atoms with Crippen molar-refractivity contribution in [2.24, 2.45) is 11.8 Å². The van der Waals surface area contributed by atoms with Crippen LogP contribution in [0.5, 0.6) is 0 Å². The van der Waals surface area contributed by atoms with Gasteiger partial charge in [-0.3, -0.25) is 0 Å². The number of aromatic nitrogens is 2. The van der Waals surface area contributed by atoms with E-state index in [4.69, 9.17) is 0 Å². The van der Waals surface area contributed by atoms with Crippen LogP contribution in [0.1, 0.15) is 61.9 Å². The van der Waals surface area contributed by atoms with E-state index in [0.717, 1.165) is 30.7 Å². The molecule has 106 valence electrons. The van der Waals surface area contributed by atoms with E-state index in [1.54, 1.807) is 0 Å². The van der Waals surface area contributed by atoms with E-state index in [2.05, 4.69) is 29.4 Å². The lowest BCUT2D eigenvalue weighted by Crippen LogP contribution is -2.23. The van der Waals surface area contributed by atoms with Crippen LogP contribution in [-0.2, 0) is 6.42 Å². The van der Waals surface area contributed by atoms with Crippen LogP contribution in [-0.4, -0.2) is 22.8 Å². The van der Waals surface area contributed by atoms with E-state index in [-0.39, 0.29) is 0 Å². The smallest absolute Gasteiger partial charge is 0.121 e. The quantitative estimate of drug-likeness (QED) is 0.811. The number of fused-ring (bicyclic) bond motifs is 1. The Labute approximate surface area is 120 Å². The van der Waals surface area contributed by atoms with E-state index >= 15 is 0 Å². The summed E-state index contributed by atoms with van der Waals surface area (Å²) >= 11 is 1.88.